The number of carbonyl (C=O) groups excluding carboxylic acids is 1. The summed E-state index contributed by atoms with van der Waals surface area (Å²) in [6, 6.07) is 7.89. The van der Waals surface area contributed by atoms with Gasteiger partial charge in [-0.05, 0) is 11.1 Å². The summed E-state index contributed by atoms with van der Waals surface area (Å²) in [6.07, 6.45) is 2.05. The summed E-state index contributed by atoms with van der Waals surface area (Å²) in [6.45, 7) is 2.27. The van der Waals surface area contributed by atoms with Gasteiger partial charge in [0.2, 0.25) is 0 Å². The van der Waals surface area contributed by atoms with E-state index in [1.54, 1.807) is 13.1 Å². The molecular formula is C11H12N2O2. The number of hydroxylamine groups is 1. The summed E-state index contributed by atoms with van der Waals surface area (Å²) in [7, 11) is 0. The molecule has 0 unspecified atom stereocenters. The lowest BCUT2D eigenvalue weighted by molar-refractivity contribution is -0.193. The first-order valence-electron chi connectivity index (χ1n) is 4.90. The van der Waals surface area contributed by atoms with E-state index in [-0.39, 0.29) is 5.97 Å². The van der Waals surface area contributed by atoms with Gasteiger partial charge in [0.05, 0.1) is 6.21 Å². The van der Waals surface area contributed by atoms with E-state index < -0.39 is 0 Å². The molecule has 4 nitrogen and oxygen atoms in total. The van der Waals surface area contributed by atoms with Gasteiger partial charge in [0.1, 0.15) is 6.54 Å². The predicted molar refractivity (Wildman–Crippen MR) is 56.0 cm³/mol. The lowest BCUT2D eigenvalue weighted by Crippen LogP contribution is -2.25. The van der Waals surface area contributed by atoms with Crippen LogP contribution >= 0.6 is 0 Å². The molecule has 0 fully saturated rings. The van der Waals surface area contributed by atoms with Crippen molar-refractivity contribution in [2.45, 2.75) is 19.9 Å². The van der Waals surface area contributed by atoms with Gasteiger partial charge in [-0.2, -0.15) is 0 Å². The highest BCUT2D eigenvalue weighted by Crippen LogP contribution is 2.15. The number of fused-ring (bicyclic) bond motifs is 1. The van der Waals surface area contributed by atoms with Crippen LogP contribution in [0.4, 0.5) is 0 Å². The van der Waals surface area contributed by atoms with Crippen molar-refractivity contribution in [1.29, 1.82) is 0 Å². The first-order valence-corrected chi connectivity index (χ1v) is 4.90. The van der Waals surface area contributed by atoms with Crippen LogP contribution in [0.2, 0.25) is 0 Å². The van der Waals surface area contributed by atoms with Crippen molar-refractivity contribution in [3.8, 4) is 0 Å². The molecule has 78 valence electrons. The van der Waals surface area contributed by atoms with Crippen LogP contribution in [-0.4, -0.2) is 17.4 Å². The third-order valence-electron chi connectivity index (χ3n) is 2.18. The zero-order chi connectivity index (χ0) is 10.7. The van der Waals surface area contributed by atoms with Crippen LogP contribution in [-0.2, 0) is 16.2 Å². The molecule has 15 heavy (non-hydrogen) atoms. The Bertz CT molecular complexity index is 401. The second kappa shape index (κ2) is 4.13. The van der Waals surface area contributed by atoms with Crippen LogP contribution in [0, 0.1) is 0 Å². The van der Waals surface area contributed by atoms with E-state index in [2.05, 4.69) is 5.10 Å². The fraction of sp³-hybridized carbons (Fsp3) is 0.273. The lowest BCUT2D eigenvalue weighted by atomic mass is 10.1. The summed E-state index contributed by atoms with van der Waals surface area (Å²) >= 11 is 0. The maximum absolute atomic E-state index is 11.1. The predicted octanol–water partition coefficient (Wildman–Crippen LogP) is 1.70. The van der Waals surface area contributed by atoms with Gasteiger partial charge in [-0.3, -0.25) is 0 Å². The Kier molecular flexibility index (Phi) is 2.67. The molecule has 0 saturated heterocycles. The Morgan fingerprint density at radius 3 is 3.13 bits per heavy atom. The standard InChI is InChI=1S/C11H12N2O2/c1-2-11(14)15-13-8-10-6-4-3-5-9(10)7-12-13/h3-7H,2,8H2,1H3. The second-order valence-corrected chi connectivity index (χ2v) is 3.27. The minimum absolute atomic E-state index is 0.272. The van der Waals surface area contributed by atoms with Crippen LogP contribution < -0.4 is 0 Å². The van der Waals surface area contributed by atoms with Crippen LogP contribution in [0.3, 0.4) is 0 Å². The van der Waals surface area contributed by atoms with Crippen molar-refractivity contribution in [3.05, 3.63) is 35.4 Å². The number of nitrogens with zero attached hydrogens (tertiary/aromatic N) is 2. The minimum atomic E-state index is -0.272. The second-order valence-electron chi connectivity index (χ2n) is 3.27. The monoisotopic (exact) mass is 204 g/mol. The summed E-state index contributed by atoms with van der Waals surface area (Å²) in [5, 5.41) is 5.34. The Balaban J connectivity index is 2.09. The summed E-state index contributed by atoms with van der Waals surface area (Å²) in [4.78, 5) is 16.0. The maximum atomic E-state index is 11.1. The van der Waals surface area contributed by atoms with E-state index in [1.165, 1.54) is 5.17 Å². The normalized spacial score (nSPS) is 13.5. The van der Waals surface area contributed by atoms with Crippen molar-refractivity contribution in [3.63, 3.8) is 0 Å². The molecule has 1 heterocycles. The molecule has 1 aromatic carbocycles. The van der Waals surface area contributed by atoms with Gasteiger partial charge in [0.25, 0.3) is 0 Å². The van der Waals surface area contributed by atoms with Crippen LogP contribution in [0.15, 0.2) is 29.4 Å². The third-order valence-corrected chi connectivity index (χ3v) is 2.18. The van der Waals surface area contributed by atoms with E-state index >= 15 is 0 Å². The Morgan fingerprint density at radius 1 is 1.53 bits per heavy atom. The number of hydrogen-bond donors (Lipinski definition) is 0. The fourth-order valence-electron chi connectivity index (χ4n) is 1.36. The van der Waals surface area contributed by atoms with E-state index in [0.29, 0.717) is 13.0 Å². The average molecular weight is 204 g/mol. The highest BCUT2D eigenvalue weighted by atomic mass is 16.7. The average Bonchev–Trinajstić information content (AvgIpc) is 2.29. The van der Waals surface area contributed by atoms with Crippen LogP contribution in [0.5, 0.6) is 0 Å². The molecule has 2 rings (SSSR count). The van der Waals surface area contributed by atoms with E-state index in [0.717, 1.165) is 11.1 Å². The molecule has 0 amide bonds. The summed E-state index contributed by atoms with van der Waals surface area (Å²) in [5.41, 5.74) is 2.18. The molecule has 0 N–H and O–H groups in total. The zero-order valence-corrected chi connectivity index (χ0v) is 8.51. The molecule has 4 heteroatoms. The first kappa shape index (κ1) is 9.71. The fourth-order valence-corrected chi connectivity index (χ4v) is 1.36. The number of carbonyl (C=O) groups is 1. The van der Waals surface area contributed by atoms with Gasteiger partial charge < -0.3 is 4.84 Å². The van der Waals surface area contributed by atoms with Crippen molar-refractivity contribution < 1.29 is 9.63 Å². The van der Waals surface area contributed by atoms with Crippen LogP contribution in [0.1, 0.15) is 24.5 Å². The Morgan fingerprint density at radius 2 is 2.33 bits per heavy atom. The molecule has 0 spiro atoms. The quantitative estimate of drug-likeness (QED) is 0.736. The minimum Gasteiger partial charge on any atom is -0.324 e. The SMILES string of the molecule is CCC(=O)ON1Cc2ccccc2C=N1. The molecule has 0 aliphatic carbocycles. The van der Waals surface area contributed by atoms with E-state index in [4.69, 9.17) is 4.84 Å². The van der Waals surface area contributed by atoms with Gasteiger partial charge in [0.15, 0.2) is 0 Å². The smallest absolute Gasteiger partial charge is 0.324 e. The zero-order valence-electron chi connectivity index (χ0n) is 8.51. The van der Waals surface area contributed by atoms with Crippen molar-refractivity contribution >= 4 is 12.2 Å². The maximum Gasteiger partial charge on any atom is 0.334 e. The molecule has 1 aliphatic rings. The molecule has 0 radical (unpaired) electrons. The van der Waals surface area contributed by atoms with E-state index in [9.17, 15) is 4.79 Å². The number of hydrazone groups is 1. The van der Waals surface area contributed by atoms with E-state index in [1.807, 2.05) is 24.3 Å². The summed E-state index contributed by atoms with van der Waals surface area (Å²) < 4.78 is 0. The first-order chi connectivity index (χ1) is 7.29. The molecule has 1 aromatic rings. The number of benzene rings is 1. The number of hydrogen-bond acceptors (Lipinski definition) is 4. The summed E-state index contributed by atoms with van der Waals surface area (Å²) in [5.74, 6) is -0.272. The largest absolute Gasteiger partial charge is 0.334 e. The highest BCUT2D eigenvalue weighted by Gasteiger charge is 2.14. The van der Waals surface area contributed by atoms with Crippen molar-refractivity contribution in [1.82, 2.24) is 5.17 Å². The molecule has 0 bridgehead atoms. The van der Waals surface area contributed by atoms with Gasteiger partial charge in [-0.25, -0.2) is 4.79 Å². The topological polar surface area (TPSA) is 41.9 Å². The molecule has 1 aliphatic heterocycles. The third kappa shape index (κ3) is 2.15. The molecule has 0 saturated carbocycles. The molecular weight excluding hydrogens is 192 g/mol. The number of rotatable bonds is 2. The van der Waals surface area contributed by atoms with Gasteiger partial charge in [-0.1, -0.05) is 31.2 Å². The molecule has 0 atom stereocenters. The van der Waals surface area contributed by atoms with Gasteiger partial charge in [0, 0.05) is 6.42 Å². The van der Waals surface area contributed by atoms with Crippen molar-refractivity contribution in [2.24, 2.45) is 5.10 Å². The van der Waals surface area contributed by atoms with Gasteiger partial charge in [-0.15, -0.1) is 10.3 Å². The Hall–Kier alpha value is -1.84. The van der Waals surface area contributed by atoms with Crippen LogP contribution in [0.25, 0.3) is 0 Å². The lowest BCUT2D eigenvalue weighted by Gasteiger charge is -2.21. The van der Waals surface area contributed by atoms with Gasteiger partial charge >= 0.3 is 5.97 Å². The van der Waals surface area contributed by atoms with Crippen molar-refractivity contribution in [2.75, 3.05) is 0 Å². The Labute approximate surface area is 88.1 Å². The highest BCUT2D eigenvalue weighted by molar-refractivity contribution is 5.82. The molecule has 0 aromatic heterocycles.